The minimum atomic E-state index is -0.876. The van der Waals surface area contributed by atoms with E-state index in [-0.39, 0.29) is 41.8 Å². The molecule has 0 aliphatic carbocycles. The van der Waals surface area contributed by atoms with Crippen molar-refractivity contribution in [3.63, 3.8) is 0 Å². The van der Waals surface area contributed by atoms with E-state index in [1.807, 2.05) is 72.8 Å². The molecule has 1 fully saturated rings. The molecule has 0 unspecified atom stereocenters. The number of ketones is 1. The van der Waals surface area contributed by atoms with Crippen LogP contribution in [0, 0.1) is 0 Å². The second-order valence-corrected chi connectivity index (χ2v) is 12.7. The largest absolute Gasteiger partial charge is 0.506 e. The SMILES string of the molecule is O=C(Nc1ccccc1-c1ccccc1)OC1CCN(CCNCC(=O)c2cccc(CNC[C@H](O)c3ccc(O)c4[nH]c(=O)ccc34)c2)CC1. The zero-order valence-corrected chi connectivity index (χ0v) is 28.3. The highest BCUT2D eigenvalue weighted by molar-refractivity contribution is 5.97. The number of aliphatic hydroxyl groups excluding tert-OH is 1. The number of para-hydroxylation sites is 1. The number of phenols is 1. The van der Waals surface area contributed by atoms with Crippen LogP contribution >= 0.6 is 0 Å². The lowest BCUT2D eigenvalue weighted by Crippen LogP contribution is -2.42. The molecule has 4 aromatic carbocycles. The van der Waals surface area contributed by atoms with Gasteiger partial charge in [0.15, 0.2) is 5.78 Å². The molecule has 1 aliphatic rings. The number of aromatic hydroxyl groups is 1. The number of ether oxygens (including phenoxy) is 1. The predicted molar refractivity (Wildman–Crippen MR) is 198 cm³/mol. The number of fused-ring (bicyclic) bond motifs is 1. The zero-order chi connectivity index (χ0) is 35.6. The molecule has 5 aromatic rings. The number of hydrogen-bond donors (Lipinski definition) is 6. The van der Waals surface area contributed by atoms with Crippen molar-refractivity contribution < 1.29 is 24.5 Å². The highest BCUT2D eigenvalue weighted by Crippen LogP contribution is 2.29. The fourth-order valence-corrected chi connectivity index (χ4v) is 6.41. The second-order valence-electron chi connectivity index (χ2n) is 12.7. The fraction of sp³-hybridized carbons (Fsp3) is 0.275. The van der Waals surface area contributed by atoms with Crippen LogP contribution in [0.4, 0.5) is 10.5 Å². The Morgan fingerprint density at radius 3 is 2.51 bits per heavy atom. The molecular weight excluding hydrogens is 646 g/mol. The Bertz CT molecular complexity index is 2010. The third-order valence-corrected chi connectivity index (χ3v) is 9.13. The van der Waals surface area contributed by atoms with E-state index < -0.39 is 12.2 Å². The van der Waals surface area contributed by atoms with Gasteiger partial charge in [0.1, 0.15) is 11.9 Å². The van der Waals surface area contributed by atoms with Gasteiger partial charge < -0.3 is 35.5 Å². The van der Waals surface area contributed by atoms with Gasteiger partial charge in [0.2, 0.25) is 5.56 Å². The smallest absolute Gasteiger partial charge is 0.411 e. The molecular formula is C40H43N5O6. The number of amides is 1. The zero-order valence-electron chi connectivity index (χ0n) is 28.3. The van der Waals surface area contributed by atoms with E-state index in [2.05, 4.69) is 25.8 Å². The topological polar surface area (TPSA) is 156 Å². The van der Waals surface area contributed by atoms with Crippen molar-refractivity contribution in [1.82, 2.24) is 20.5 Å². The number of H-pyrrole nitrogens is 1. The molecule has 2 heterocycles. The second kappa shape index (κ2) is 17.1. The number of anilines is 1. The Labute approximate surface area is 296 Å². The summed E-state index contributed by atoms with van der Waals surface area (Å²) in [4.78, 5) is 42.3. The van der Waals surface area contributed by atoms with Crippen LogP contribution in [-0.4, -0.2) is 77.3 Å². The number of nitrogens with one attached hydrogen (secondary N) is 4. The van der Waals surface area contributed by atoms with E-state index in [9.17, 15) is 24.6 Å². The summed E-state index contributed by atoms with van der Waals surface area (Å²) < 4.78 is 5.76. The number of hydrogen-bond acceptors (Lipinski definition) is 9. The normalized spacial score (nSPS) is 14.3. The molecule has 1 amide bonds. The molecule has 0 spiro atoms. The van der Waals surface area contributed by atoms with E-state index in [1.54, 1.807) is 18.2 Å². The summed E-state index contributed by atoms with van der Waals surface area (Å²) in [6, 6.07) is 31.1. The third-order valence-electron chi connectivity index (χ3n) is 9.13. The van der Waals surface area contributed by atoms with Crippen LogP contribution in [0.1, 0.15) is 40.4 Å². The molecule has 6 rings (SSSR count). The first-order chi connectivity index (χ1) is 24.8. The van der Waals surface area contributed by atoms with Crippen LogP contribution < -0.4 is 21.5 Å². The lowest BCUT2D eigenvalue weighted by molar-refractivity contribution is 0.0593. The van der Waals surface area contributed by atoms with Crippen molar-refractivity contribution in [1.29, 1.82) is 0 Å². The van der Waals surface area contributed by atoms with Gasteiger partial charge in [-0.25, -0.2) is 4.79 Å². The number of rotatable bonds is 14. The van der Waals surface area contributed by atoms with E-state index >= 15 is 0 Å². The van der Waals surface area contributed by atoms with Gasteiger partial charge in [-0.2, -0.15) is 0 Å². The van der Waals surface area contributed by atoms with E-state index in [0.717, 1.165) is 49.2 Å². The molecule has 1 aromatic heterocycles. The average Bonchev–Trinajstić information content (AvgIpc) is 3.15. The van der Waals surface area contributed by atoms with Crippen molar-refractivity contribution in [2.24, 2.45) is 0 Å². The predicted octanol–water partition coefficient (Wildman–Crippen LogP) is 5.21. The number of piperidine rings is 1. The maximum Gasteiger partial charge on any atom is 0.411 e. The summed E-state index contributed by atoms with van der Waals surface area (Å²) in [5, 5.41) is 30.9. The molecule has 0 bridgehead atoms. The summed E-state index contributed by atoms with van der Waals surface area (Å²) in [7, 11) is 0. The van der Waals surface area contributed by atoms with E-state index in [4.69, 9.17) is 4.74 Å². The molecule has 0 saturated carbocycles. The van der Waals surface area contributed by atoms with Gasteiger partial charge in [-0.15, -0.1) is 0 Å². The van der Waals surface area contributed by atoms with Crippen LogP contribution in [-0.2, 0) is 11.3 Å². The van der Waals surface area contributed by atoms with Crippen LogP contribution in [0.3, 0.4) is 0 Å². The van der Waals surface area contributed by atoms with Crippen molar-refractivity contribution in [2.75, 3.05) is 44.6 Å². The maximum atomic E-state index is 12.9. The summed E-state index contributed by atoms with van der Waals surface area (Å²) in [5.41, 5.74) is 4.74. The Morgan fingerprint density at radius 2 is 1.69 bits per heavy atom. The van der Waals surface area contributed by atoms with Crippen LogP contribution in [0.2, 0.25) is 0 Å². The Kier molecular flexibility index (Phi) is 11.9. The molecule has 51 heavy (non-hydrogen) atoms. The lowest BCUT2D eigenvalue weighted by atomic mass is 10.0. The number of likely N-dealkylation sites (tertiary alicyclic amines) is 1. The van der Waals surface area contributed by atoms with Crippen molar-refractivity contribution in [3.05, 3.63) is 130 Å². The number of phenolic OH excluding ortho intramolecular Hbond substituents is 1. The third kappa shape index (κ3) is 9.47. The summed E-state index contributed by atoms with van der Waals surface area (Å²) in [6.45, 7) is 3.96. The average molecular weight is 690 g/mol. The first-order valence-electron chi connectivity index (χ1n) is 17.2. The van der Waals surface area contributed by atoms with Gasteiger partial charge >= 0.3 is 6.09 Å². The molecule has 11 heteroatoms. The molecule has 6 N–H and O–H groups in total. The monoisotopic (exact) mass is 689 g/mol. The minimum absolute atomic E-state index is 0.00611. The van der Waals surface area contributed by atoms with Gasteiger partial charge in [0, 0.05) is 61.8 Å². The number of carbonyl (C=O) groups is 2. The number of nitrogens with zero attached hydrogens (tertiary/aromatic N) is 1. The summed E-state index contributed by atoms with van der Waals surface area (Å²) >= 11 is 0. The van der Waals surface area contributed by atoms with Gasteiger partial charge in [0.05, 0.1) is 23.9 Å². The Hall–Kier alpha value is -5.33. The first-order valence-corrected chi connectivity index (χ1v) is 17.2. The minimum Gasteiger partial charge on any atom is -0.506 e. The molecule has 264 valence electrons. The fourth-order valence-electron chi connectivity index (χ4n) is 6.41. The molecule has 11 nitrogen and oxygen atoms in total. The molecule has 1 aliphatic heterocycles. The summed E-state index contributed by atoms with van der Waals surface area (Å²) in [5.74, 6) is -0.0635. The van der Waals surface area contributed by atoms with Gasteiger partial charge in [-0.05, 0) is 53.8 Å². The number of aliphatic hydroxyl groups is 1. The molecule has 1 saturated heterocycles. The molecule has 1 atom stereocenters. The quantitative estimate of drug-likeness (QED) is 0.0681. The van der Waals surface area contributed by atoms with Gasteiger partial charge in [-0.3, -0.25) is 14.9 Å². The van der Waals surface area contributed by atoms with E-state index in [0.29, 0.717) is 35.3 Å². The first kappa shape index (κ1) is 35.5. The lowest BCUT2D eigenvalue weighted by Gasteiger charge is -2.31. The number of benzene rings is 4. The van der Waals surface area contributed by atoms with E-state index in [1.165, 1.54) is 12.1 Å². The van der Waals surface area contributed by atoms with Crippen LogP contribution in [0.25, 0.3) is 22.0 Å². The van der Waals surface area contributed by atoms with Crippen LogP contribution in [0.15, 0.2) is 108 Å². The number of Topliss-reactive ketones (excluding diaryl/α,β-unsaturated/α-hetero) is 1. The number of aromatic nitrogens is 1. The maximum absolute atomic E-state index is 12.9. The highest BCUT2D eigenvalue weighted by atomic mass is 16.6. The van der Waals surface area contributed by atoms with Gasteiger partial charge in [-0.1, -0.05) is 72.8 Å². The Morgan fingerprint density at radius 1 is 0.902 bits per heavy atom. The standard InChI is InChI=1S/C40H43N5O6/c46-35-15-13-32(33-14-16-38(49)44-39(33)35)37(48)26-42-24-27-7-6-10-29(23-27)36(47)25-41-19-22-45-20-17-30(18-21-45)51-40(50)43-34-12-5-4-11-31(34)28-8-2-1-3-9-28/h1-16,23,30,37,41-42,46,48H,17-22,24-26H2,(H,43,50)(H,44,49)/t37-/m0/s1. The highest BCUT2D eigenvalue weighted by Gasteiger charge is 2.23. The Balaban J connectivity index is 0.885. The summed E-state index contributed by atoms with van der Waals surface area (Å²) in [6.07, 6.45) is 0.0219. The van der Waals surface area contributed by atoms with Crippen LogP contribution in [0.5, 0.6) is 5.75 Å². The van der Waals surface area contributed by atoms with Crippen molar-refractivity contribution in [2.45, 2.75) is 31.6 Å². The molecule has 0 radical (unpaired) electrons. The van der Waals surface area contributed by atoms with Gasteiger partial charge in [0.25, 0.3) is 0 Å². The van der Waals surface area contributed by atoms with Crippen molar-refractivity contribution in [3.8, 4) is 16.9 Å². The number of carbonyl (C=O) groups excluding carboxylic acids is 2. The number of pyridine rings is 1. The van der Waals surface area contributed by atoms with Crippen molar-refractivity contribution >= 4 is 28.5 Å². The number of aromatic amines is 1.